The molecule has 5 nitrogen and oxygen atoms in total. The van der Waals surface area contributed by atoms with Gasteiger partial charge < -0.3 is 9.47 Å². The lowest BCUT2D eigenvalue weighted by Crippen LogP contribution is -2.42. The average Bonchev–Trinajstić information content (AvgIpc) is 2.96. The second-order valence-electron chi connectivity index (χ2n) is 7.31. The van der Waals surface area contributed by atoms with E-state index < -0.39 is 29.0 Å². The molecular formula is C16H21NO4. The van der Waals surface area contributed by atoms with Crippen LogP contribution in [0, 0.1) is 39.9 Å². The van der Waals surface area contributed by atoms with E-state index in [1.54, 1.807) is 0 Å². The summed E-state index contributed by atoms with van der Waals surface area (Å²) in [6.07, 6.45) is 0.308. The molecular weight excluding hydrogens is 270 g/mol. The van der Waals surface area contributed by atoms with Crippen LogP contribution in [0.4, 0.5) is 0 Å². The second kappa shape index (κ2) is 4.22. The van der Waals surface area contributed by atoms with Crippen LogP contribution in [-0.4, -0.2) is 24.1 Å². The largest absolute Gasteiger partial charge is 0.458 e. The van der Waals surface area contributed by atoms with Gasteiger partial charge in [-0.05, 0) is 32.6 Å². The van der Waals surface area contributed by atoms with Crippen molar-refractivity contribution < 1.29 is 19.1 Å². The quantitative estimate of drug-likeness (QED) is 0.744. The molecule has 6 atom stereocenters. The second-order valence-corrected chi connectivity index (χ2v) is 7.31. The number of ether oxygens (including phenoxy) is 2. The molecule has 1 heterocycles. The van der Waals surface area contributed by atoms with Crippen molar-refractivity contribution >= 4 is 11.9 Å². The maximum atomic E-state index is 12.3. The van der Waals surface area contributed by atoms with Crippen LogP contribution in [0.1, 0.15) is 40.5 Å². The molecule has 2 bridgehead atoms. The minimum atomic E-state index is -1.00. The number of nitriles is 1. The lowest BCUT2D eigenvalue weighted by Gasteiger charge is -2.30. The van der Waals surface area contributed by atoms with Crippen LogP contribution in [-0.2, 0) is 19.1 Å². The minimum Gasteiger partial charge on any atom is -0.458 e. The highest BCUT2D eigenvalue weighted by molar-refractivity contribution is 5.85. The van der Waals surface area contributed by atoms with Gasteiger partial charge >= 0.3 is 11.9 Å². The topological polar surface area (TPSA) is 76.4 Å². The molecule has 3 rings (SSSR count). The minimum absolute atomic E-state index is 0.0442. The highest BCUT2D eigenvalue weighted by atomic mass is 16.6. The first-order chi connectivity index (χ1) is 9.78. The summed E-state index contributed by atoms with van der Waals surface area (Å²) in [6, 6.07) is 2.18. The molecule has 114 valence electrons. The fraction of sp³-hybridized carbons (Fsp3) is 0.812. The van der Waals surface area contributed by atoms with E-state index in [1.165, 1.54) is 0 Å². The predicted molar refractivity (Wildman–Crippen MR) is 72.6 cm³/mol. The fourth-order valence-corrected chi connectivity index (χ4v) is 4.19. The van der Waals surface area contributed by atoms with Gasteiger partial charge in [0.2, 0.25) is 0 Å². The van der Waals surface area contributed by atoms with Crippen molar-refractivity contribution in [3.8, 4) is 6.07 Å². The third-order valence-corrected chi connectivity index (χ3v) is 5.95. The zero-order chi connectivity index (χ0) is 15.6. The van der Waals surface area contributed by atoms with Crippen molar-refractivity contribution in [2.24, 2.45) is 28.6 Å². The third-order valence-electron chi connectivity index (χ3n) is 5.95. The molecule has 6 unspecified atom stereocenters. The Labute approximate surface area is 124 Å². The molecule has 2 saturated carbocycles. The van der Waals surface area contributed by atoms with Gasteiger partial charge in [-0.15, -0.1) is 0 Å². The summed E-state index contributed by atoms with van der Waals surface area (Å²) < 4.78 is 11.1. The first-order valence-electron chi connectivity index (χ1n) is 7.62. The van der Waals surface area contributed by atoms with Crippen LogP contribution in [0.3, 0.4) is 0 Å². The molecule has 0 aromatic heterocycles. The number of nitrogens with zero attached hydrogens (tertiary/aromatic N) is 1. The summed E-state index contributed by atoms with van der Waals surface area (Å²) in [4.78, 5) is 24.4. The van der Waals surface area contributed by atoms with E-state index in [4.69, 9.17) is 9.47 Å². The Balaban J connectivity index is 1.85. The highest BCUT2D eigenvalue weighted by Gasteiger charge is 2.75. The molecule has 5 heteroatoms. The van der Waals surface area contributed by atoms with Crippen molar-refractivity contribution in [2.45, 2.75) is 52.7 Å². The van der Waals surface area contributed by atoms with E-state index >= 15 is 0 Å². The summed E-state index contributed by atoms with van der Waals surface area (Å²) in [6.45, 7) is 7.68. The zero-order valence-corrected chi connectivity index (χ0v) is 12.9. The smallest absolute Gasteiger partial charge is 0.327 e. The summed E-state index contributed by atoms with van der Waals surface area (Å²) in [5.74, 6) is -0.600. The number of hydrogen-bond acceptors (Lipinski definition) is 5. The van der Waals surface area contributed by atoms with Gasteiger partial charge in [0.15, 0.2) is 5.41 Å². The predicted octanol–water partition coefficient (Wildman–Crippen LogP) is 2.06. The molecule has 1 saturated heterocycles. The SMILES string of the molecule is CCC(C)(C)C(=O)OC1C2CC3(C#N)C(=O)OC1C3C2C. The zero-order valence-electron chi connectivity index (χ0n) is 12.9. The maximum Gasteiger partial charge on any atom is 0.327 e. The van der Waals surface area contributed by atoms with E-state index in [2.05, 4.69) is 6.07 Å². The first-order valence-corrected chi connectivity index (χ1v) is 7.62. The Hall–Kier alpha value is -1.57. The van der Waals surface area contributed by atoms with Gasteiger partial charge in [-0.1, -0.05) is 13.8 Å². The monoisotopic (exact) mass is 291 g/mol. The Morgan fingerprint density at radius 2 is 2.24 bits per heavy atom. The van der Waals surface area contributed by atoms with Crippen molar-refractivity contribution in [3.63, 3.8) is 0 Å². The van der Waals surface area contributed by atoms with E-state index in [0.717, 1.165) is 0 Å². The van der Waals surface area contributed by atoms with Gasteiger partial charge in [-0.3, -0.25) is 9.59 Å². The summed E-state index contributed by atoms with van der Waals surface area (Å²) in [5.41, 5.74) is -1.54. The third kappa shape index (κ3) is 1.62. The van der Waals surface area contributed by atoms with E-state index in [1.807, 2.05) is 27.7 Å². The molecule has 1 aliphatic heterocycles. The van der Waals surface area contributed by atoms with E-state index in [-0.39, 0.29) is 23.7 Å². The number of carbonyl (C=O) groups excluding carboxylic acids is 2. The first kappa shape index (κ1) is 14.4. The Kier molecular flexibility index (Phi) is 2.89. The standard InChI is InChI=1S/C16H21NO4/c1-5-15(3,4)13(18)20-11-9-6-16(7-17)10(8(9)2)12(11)21-14(16)19/h8-12H,5-6H2,1-4H3. The van der Waals surface area contributed by atoms with Gasteiger partial charge in [0.25, 0.3) is 0 Å². The van der Waals surface area contributed by atoms with Gasteiger partial charge in [0, 0.05) is 11.8 Å². The van der Waals surface area contributed by atoms with Crippen molar-refractivity contribution in [2.75, 3.05) is 0 Å². The molecule has 2 aliphatic carbocycles. The fourth-order valence-electron chi connectivity index (χ4n) is 4.19. The van der Waals surface area contributed by atoms with Gasteiger partial charge in [-0.2, -0.15) is 5.26 Å². The molecule has 0 spiro atoms. The van der Waals surface area contributed by atoms with Crippen molar-refractivity contribution in [1.82, 2.24) is 0 Å². The van der Waals surface area contributed by atoms with Crippen LogP contribution >= 0.6 is 0 Å². The van der Waals surface area contributed by atoms with Gasteiger partial charge in [0.05, 0.1) is 11.5 Å². The number of carbonyl (C=O) groups is 2. The number of esters is 2. The maximum absolute atomic E-state index is 12.3. The molecule has 0 aromatic carbocycles. The van der Waals surface area contributed by atoms with Crippen LogP contribution in [0.5, 0.6) is 0 Å². The lowest BCUT2D eigenvalue weighted by atomic mass is 9.74. The highest BCUT2D eigenvalue weighted by Crippen LogP contribution is 2.65. The number of rotatable bonds is 3. The van der Waals surface area contributed by atoms with E-state index in [0.29, 0.717) is 12.8 Å². The molecule has 0 radical (unpaired) electrons. The Bertz CT molecular complexity index is 549. The van der Waals surface area contributed by atoms with Crippen LogP contribution in [0.15, 0.2) is 0 Å². The summed E-state index contributed by atoms with van der Waals surface area (Å²) >= 11 is 0. The number of hydrogen-bond donors (Lipinski definition) is 0. The Morgan fingerprint density at radius 3 is 2.81 bits per heavy atom. The van der Waals surface area contributed by atoms with Crippen molar-refractivity contribution in [3.05, 3.63) is 0 Å². The molecule has 0 N–H and O–H groups in total. The normalized spacial score (nSPS) is 43.6. The van der Waals surface area contributed by atoms with Crippen LogP contribution in [0.2, 0.25) is 0 Å². The molecule has 0 amide bonds. The molecule has 21 heavy (non-hydrogen) atoms. The lowest BCUT2D eigenvalue weighted by molar-refractivity contribution is -0.170. The molecule has 3 fully saturated rings. The molecule has 3 aliphatic rings. The number of fused-ring (bicyclic) bond motifs is 1. The van der Waals surface area contributed by atoms with Crippen LogP contribution in [0.25, 0.3) is 0 Å². The average molecular weight is 291 g/mol. The summed E-state index contributed by atoms with van der Waals surface area (Å²) in [7, 11) is 0. The Morgan fingerprint density at radius 1 is 1.57 bits per heavy atom. The summed E-state index contributed by atoms with van der Waals surface area (Å²) in [5, 5.41) is 9.43. The van der Waals surface area contributed by atoms with Gasteiger partial charge in [0.1, 0.15) is 12.2 Å². The van der Waals surface area contributed by atoms with Crippen molar-refractivity contribution in [1.29, 1.82) is 5.26 Å². The molecule has 0 aromatic rings. The van der Waals surface area contributed by atoms with Gasteiger partial charge in [-0.25, -0.2) is 0 Å². The van der Waals surface area contributed by atoms with E-state index in [9.17, 15) is 14.9 Å². The van der Waals surface area contributed by atoms with Crippen LogP contribution < -0.4 is 0 Å².